The Labute approximate surface area is 261 Å². The van der Waals surface area contributed by atoms with Crippen molar-refractivity contribution in [2.45, 2.75) is 26.4 Å². The second-order valence-electron chi connectivity index (χ2n) is 9.16. The van der Waals surface area contributed by atoms with Crippen LogP contribution in [0.3, 0.4) is 0 Å². The van der Waals surface area contributed by atoms with Crippen molar-refractivity contribution in [1.29, 1.82) is 0 Å². The summed E-state index contributed by atoms with van der Waals surface area (Å²) in [4.78, 5) is 0. The van der Waals surface area contributed by atoms with Crippen molar-refractivity contribution >= 4 is 3.71 Å². The molecular weight excluding hydrogens is 627 g/mol. The number of aryl methyl sites for hydroxylation is 2. The van der Waals surface area contributed by atoms with Crippen LogP contribution in [0.5, 0.6) is 0 Å². The number of hydrogen-bond donors (Lipinski definition) is 0. The zero-order valence-electron chi connectivity index (χ0n) is 22.1. The van der Waals surface area contributed by atoms with Crippen LogP contribution in [0.2, 0.25) is 0 Å². The van der Waals surface area contributed by atoms with E-state index in [2.05, 4.69) is 98.8 Å². The topological polar surface area (TPSA) is 0 Å². The SMILES string of the molecule is Cc1cc(-c2ccccc2)c(C)[cH-]1.FC(F)(F)c1ccc([CH]=[Zr+2])cc1.[Cl-].[Cl-].[c-]1cccc2c1Cc1ccccc1-2. The molecule has 0 N–H and O–H groups in total. The average molecular weight is 655 g/mol. The van der Waals surface area contributed by atoms with Gasteiger partial charge in [0.1, 0.15) is 0 Å². The summed E-state index contributed by atoms with van der Waals surface area (Å²) in [6.45, 7) is 4.30. The van der Waals surface area contributed by atoms with Gasteiger partial charge in [-0.15, -0.1) is 5.56 Å². The summed E-state index contributed by atoms with van der Waals surface area (Å²) in [6.07, 6.45) is -3.17. The summed E-state index contributed by atoms with van der Waals surface area (Å²) < 4.78 is 37.9. The minimum atomic E-state index is -4.22. The molecule has 40 heavy (non-hydrogen) atoms. The molecule has 0 aromatic heterocycles. The molecule has 0 spiro atoms. The first-order chi connectivity index (χ1) is 18.3. The van der Waals surface area contributed by atoms with Gasteiger partial charge in [-0.3, -0.25) is 0 Å². The van der Waals surface area contributed by atoms with Gasteiger partial charge in [0, 0.05) is 0 Å². The summed E-state index contributed by atoms with van der Waals surface area (Å²) in [6, 6.07) is 38.2. The van der Waals surface area contributed by atoms with Gasteiger partial charge < -0.3 is 24.8 Å². The Balaban J connectivity index is 0.000000205. The summed E-state index contributed by atoms with van der Waals surface area (Å²) in [5, 5.41) is 0. The first-order valence-corrected chi connectivity index (χ1v) is 13.7. The Kier molecular flexibility index (Phi) is 12.9. The molecule has 204 valence electrons. The quantitative estimate of drug-likeness (QED) is 0.252. The Morgan fingerprint density at radius 2 is 1.40 bits per heavy atom. The van der Waals surface area contributed by atoms with Crippen molar-refractivity contribution < 1.29 is 62.2 Å². The number of halogens is 5. The second-order valence-corrected chi connectivity index (χ2v) is 9.87. The van der Waals surface area contributed by atoms with E-state index in [1.165, 1.54) is 80.9 Å². The fourth-order valence-corrected chi connectivity index (χ4v) is 4.97. The van der Waals surface area contributed by atoms with Crippen LogP contribution in [0.4, 0.5) is 13.2 Å². The van der Waals surface area contributed by atoms with Crippen LogP contribution >= 0.6 is 0 Å². The van der Waals surface area contributed by atoms with Crippen molar-refractivity contribution in [2.75, 3.05) is 0 Å². The van der Waals surface area contributed by atoms with Crippen LogP contribution < -0.4 is 24.8 Å². The van der Waals surface area contributed by atoms with Gasteiger partial charge in [-0.05, 0) is 6.42 Å². The smallest absolute Gasteiger partial charge is 0.0253 e. The van der Waals surface area contributed by atoms with E-state index in [4.69, 9.17) is 0 Å². The van der Waals surface area contributed by atoms with Crippen LogP contribution in [0.15, 0.2) is 109 Å². The second kappa shape index (κ2) is 15.4. The molecule has 0 aliphatic heterocycles. The number of fused-ring (bicyclic) bond motifs is 3. The van der Waals surface area contributed by atoms with Gasteiger partial charge in [0.15, 0.2) is 0 Å². The van der Waals surface area contributed by atoms with Gasteiger partial charge in [0.2, 0.25) is 0 Å². The van der Waals surface area contributed by atoms with E-state index in [9.17, 15) is 13.2 Å². The number of hydrogen-bond acceptors (Lipinski definition) is 0. The van der Waals surface area contributed by atoms with Crippen molar-refractivity contribution in [3.05, 3.63) is 149 Å². The maximum atomic E-state index is 12.0. The molecule has 0 amide bonds. The van der Waals surface area contributed by atoms with Gasteiger partial charge in [0.25, 0.3) is 0 Å². The monoisotopic (exact) mass is 652 g/mol. The van der Waals surface area contributed by atoms with E-state index >= 15 is 0 Å². The van der Waals surface area contributed by atoms with E-state index in [0.717, 1.165) is 24.1 Å². The van der Waals surface area contributed by atoms with Crippen molar-refractivity contribution in [1.82, 2.24) is 0 Å². The fourth-order valence-electron chi connectivity index (χ4n) is 4.50. The molecule has 0 saturated heterocycles. The van der Waals surface area contributed by atoms with Gasteiger partial charge in [-0.1, -0.05) is 85.1 Å². The molecule has 0 nitrogen and oxygen atoms in total. The Morgan fingerprint density at radius 3 is 2.00 bits per heavy atom. The summed E-state index contributed by atoms with van der Waals surface area (Å²) in [5.41, 5.74) is 11.1. The number of alkyl halides is 3. The summed E-state index contributed by atoms with van der Waals surface area (Å²) in [5.74, 6) is 0. The minimum absolute atomic E-state index is 0. The molecule has 0 unspecified atom stereocenters. The van der Waals surface area contributed by atoms with Crippen LogP contribution in [0.1, 0.15) is 33.4 Å². The third-order valence-electron chi connectivity index (χ3n) is 6.35. The predicted octanol–water partition coefficient (Wildman–Crippen LogP) is 3.16. The molecule has 1 aliphatic carbocycles. The number of benzene rings is 4. The molecule has 6 heteroatoms. The molecule has 5 aromatic carbocycles. The van der Waals surface area contributed by atoms with Crippen molar-refractivity contribution in [2.24, 2.45) is 0 Å². The first kappa shape index (κ1) is 33.6. The zero-order valence-corrected chi connectivity index (χ0v) is 26.0. The molecule has 0 radical (unpaired) electrons. The fraction of sp³-hybridized carbons (Fsp3) is 0.118. The molecule has 1 aliphatic rings. The normalized spacial score (nSPS) is 10.8. The molecule has 6 rings (SSSR count). The van der Waals surface area contributed by atoms with Gasteiger partial charge in [0.05, 0.1) is 0 Å². The molecule has 0 fully saturated rings. The van der Waals surface area contributed by atoms with Crippen LogP contribution in [0, 0.1) is 19.9 Å². The van der Waals surface area contributed by atoms with E-state index < -0.39 is 11.7 Å². The van der Waals surface area contributed by atoms with Crippen LogP contribution in [0.25, 0.3) is 22.3 Å². The third kappa shape index (κ3) is 8.67. The van der Waals surface area contributed by atoms with Gasteiger partial charge in [-0.2, -0.15) is 52.6 Å². The molecular formula is C34H27Cl2F3Zr-2. The van der Waals surface area contributed by atoms with E-state index in [1.807, 2.05) is 9.78 Å². The molecule has 0 saturated carbocycles. The molecule has 5 aromatic rings. The third-order valence-corrected chi connectivity index (χ3v) is 7.17. The zero-order chi connectivity index (χ0) is 27.1. The number of rotatable bonds is 2. The average Bonchev–Trinajstić information content (AvgIpc) is 3.48. The van der Waals surface area contributed by atoms with E-state index in [0.29, 0.717) is 0 Å². The first-order valence-electron chi connectivity index (χ1n) is 12.3. The van der Waals surface area contributed by atoms with Crippen molar-refractivity contribution in [3.63, 3.8) is 0 Å². The summed E-state index contributed by atoms with van der Waals surface area (Å²) in [7, 11) is 0. The van der Waals surface area contributed by atoms with Crippen molar-refractivity contribution in [3.8, 4) is 22.3 Å². The minimum Gasteiger partial charge on any atom is -1.00 e. The molecule has 0 heterocycles. The van der Waals surface area contributed by atoms with Gasteiger partial charge in [-0.25, -0.2) is 6.07 Å². The predicted molar refractivity (Wildman–Crippen MR) is 147 cm³/mol. The maximum absolute atomic E-state index is 12.0. The van der Waals surface area contributed by atoms with Gasteiger partial charge >= 0.3 is 82.7 Å². The molecule has 0 bridgehead atoms. The standard InChI is InChI=1S/C13H9.C13H13.C8H5F3.2ClH.Zr/c1-3-7-12-10(5-1)9-11-6-2-4-8-13(11)12;1-10-8-11(2)13(9-10)12-6-4-3-5-7-12;1-6-2-4-7(5-3-6)8(9,10)11;;;/h1-5,7-8H,9H2;3-9H,1-2H3;1-5H;2*1H;/q2*-1;;;;+2/p-2. The van der Waals surface area contributed by atoms with Crippen LogP contribution in [-0.2, 0) is 36.8 Å². The largest absolute Gasteiger partial charge is 1.00 e. The van der Waals surface area contributed by atoms with Crippen LogP contribution in [-0.4, -0.2) is 3.71 Å². The Morgan fingerprint density at radius 1 is 0.775 bits per heavy atom. The molecule has 0 atom stereocenters. The Hall–Kier alpha value is -2.65. The van der Waals surface area contributed by atoms with E-state index in [1.54, 1.807) is 0 Å². The Bertz CT molecular complexity index is 1460. The summed E-state index contributed by atoms with van der Waals surface area (Å²) >= 11 is 1.18. The van der Waals surface area contributed by atoms with E-state index in [-0.39, 0.29) is 24.8 Å². The maximum Gasteiger partial charge on any atom is -0.0253 e.